The van der Waals surface area contributed by atoms with Gasteiger partial charge in [0.25, 0.3) is 0 Å². The number of aromatic nitrogens is 1. The molecule has 1 aromatic heterocycles. The average molecular weight is 283 g/mol. The first kappa shape index (κ1) is 13.3. The van der Waals surface area contributed by atoms with E-state index < -0.39 is 0 Å². The monoisotopic (exact) mass is 282 g/mol. The molecule has 0 unspecified atom stereocenters. The lowest BCUT2D eigenvalue weighted by Gasteiger charge is -2.03. The van der Waals surface area contributed by atoms with Gasteiger partial charge >= 0.3 is 0 Å². The average Bonchev–Trinajstić information content (AvgIpc) is 2.69. The second-order valence-corrected chi connectivity index (χ2v) is 5.40. The number of carbonyl (C=O) groups excluding carboxylic acids is 1. The maximum Gasteiger partial charge on any atom is 0.248 e. The first-order valence-corrected chi connectivity index (χ1v) is 7.22. The fourth-order valence-corrected chi connectivity index (χ4v) is 3.22. The molecule has 0 atom stereocenters. The summed E-state index contributed by atoms with van der Waals surface area (Å²) in [6.45, 7) is 4.73. The SMILES string of the molecule is CCCn1c(=NC(=O)CC)sc2cccc(Cl)c21. The van der Waals surface area contributed by atoms with Crippen LogP contribution in [0.15, 0.2) is 23.2 Å². The van der Waals surface area contributed by atoms with Crippen molar-refractivity contribution in [3.8, 4) is 0 Å². The summed E-state index contributed by atoms with van der Waals surface area (Å²) in [5, 5.41) is 0.711. The highest BCUT2D eigenvalue weighted by molar-refractivity contribution is 7.16. The summed E-state index contributed by atoms with van der Waals surface area (Å²) in [6.07, 6.45) is 1.40. The van der Waals surface area contributed by atoms with Gasteiger partial charge in [0, 0.05) is 13.0 Å². The standard InChI is InChI=1S/C13H15ClN2OS/c1-3-8-16-12-9(14)6-5-7-10(12)18-13(16)15-11(17)4-2/h5-7H,3-4,8H2,1-2H3. The molecule has 0 aliphatic heterocycles. The van der Waals surface area contributed by atoms with Gasteiger partial charge in [0.1, 0.15) is 0 Å². The summed E-state index contributed by atoms with van der Waals surface area (Å²) in [4.78, 5) is 16.4. The Labute approximate surface area is 115 Å². The van der Waals surface area contributed by atoms with Crippen molar-refractivity contribution in [2.24, 2.45) is 4.99 Å². The Hall–Kier alpha value is -1.13. The van der Waals surface area contributed by atoms with E-state index in [1.54, 1.807) is 0 Å². The lowest BCUT2D eigenvalue weighted by molar-refractivity contribution is -0.117. The molecular weight excluding hydrogens is 268 g/mol. The molecule has 1 heterocycles. The van der Waals surface area contributed by atoms with E-state index in [0.29, 0.717) is 11.4 Å². The van der Waals surface area contributed by atoms with Crippen LogP contribution in [0.1, 0.15) is 26.7 Å². The van der Waals surface area contributed by atoms with Crippen molar-refractivity contribution in [2.45, 2.75) is 33.2 Å². The van der Waals surface area contributed by atoms with Crippen LogP contribution in [0.25, 0.3) is 10.2 Å². The number of hydrogen-bond acceptors (Lipinski definition) is 2. The van der Waals surface area contributed by atoms with Gasteiger partial charge in [-0.1, -0.05) is 42.9 Å². The van der Waals surface area contributed by atoms with Gasteiger partial charge in [-0.3, -0.25) is 4.79 Å². The zero-order chi connectivity index (χ0) is 13.1. The second kappa shape index (κ2) is 5.67. The molecular formula is C13H15ClN2OS. The third-order valence-electron chi connectivity index (χ3n) is 2.62. The molecule has 0 bridgehead atoms. The molecule has 0 radical (unpaired) electrons. The molecule has 5 heteroatoms. The van der Waals surface area contributed by atoms with Crippen molar-refractivity contribution in [1.29, 1.82) is 0 Å². The number of nitrogens with zero attached hydrogens (tertiary/aromatic N) is 2. The van der Waals surface area contributed by atoms with Crippen LogP contribution >= 0.6 is 22.9 Å². The first-order chi connectivity index (χ1) is 8.67. The third kappa shape index (κ3) is 2.49. The highest BCUT2D eigenvalue weighted by atomic mass is 35.5. The van der Waals surface area contributed by atoms with Gasteiger partial charge in [-0.25, -0.2) is 0 Å². The lowest BCUT2D eigenvalue weighted by atomic mass is 10.3. The highest BCUT2D eigenvalue weighted by Crippen LogP contribution is 2.25. The Morgan fingerprint density at radius 1 is 1.44 bits per heavy atom. The predicted octanol–water partition coefficient (Wildman–Crippen LogP) is 3.60. The van der Waals surface area contributed by atoms with Gasteiger partial charge in [0.15, 0.2) is 4.80 Å². The van der Waals surface area contributed by atoms with Crippen LogP contribution in [0.3, 0.4) is 0 Å². The quantitative estimate of drug-likeness (QED) is 0.847. The summed E-state index contributed by atoms with van der Waals surface area (Å²) in [5.74, 6) is -0.0949. The molecule has 0 saturated carbocycles. The molecule has 1 aromatic carbocycles. The van der Waals surface area contributed by atoms with Crippen LogP contribution in [-0.2, 0) is 11.3 Å². The number of benzene rings is 1. The number of thiazole rings is 1. The zero-order valence-electron chi connectivity index (χ0n) is 10.4. The molecule has 2 rings (SSSR count). The molecule has 0 aliphatic rings. The minimum absolute atomic E-state index is 0.0949. The van der Waals surface area contributed by atoms with Crippen LogP contribution in [0, 0.1) is 0 Å². The predicted molar refractivity (Wildman–Crippen MR) is 76.0 cm³/mol. The second-order valence-electron chi connectivity index (χ2n) is 3.98. The number of halogens is 1. The van der Waals surface area contributed by atoms with Gasteiger partial charge in [-0.15, -0.1) is 0 Å². The number of carbonyl (C=O) groups is 1. The van der Waals surface area contributed by atoms with Crippen molar-refractivity contribution in [2.75, 3.05) is 0 Å². The number of para-hydroxylation sites is 1. The van der Waals surface area contributed by atoms with E-state index in [4.69, 9.17) is 11.6 Å². The van der Waals surface area contributed by atoms with Crippen molar-refractivity contribution in [3.05, 3.63) is 28.0 Å². The molecule has 0 fully saturated rings. The van der Waals surface area contributed by atoms with Gasteiger partial charge < -0.3 is 4.57 Å². The van der Waals surface area contributed by atoms with Gasteiger partial charge in [-0.05, 0) is 18.6 Å². The Morgan fingerprint density at radius 2 is 2.22 bits per heavy atom. The van der Waals surface area contributed by atoms with Gasteiger partial charge in [0.05, 0.1) is 15.2 Å². The van der Waals surface area contributed by atoms with E-state index in [1.165, 1.54) is 11.3 Å². The molecule has 0 aliphatic carbocycles. The highest BCUT2D eigenvalue weighted by Gasteiger charge is 2.09. The molecule has 3 nitrogen and oxygen atoms in total. The minimum Gasteiger partial charge on any atom is -0.315 e. The Kier molecular flexibility index (Phi) is 4.19. The minimum atomic E-state index is -0.0949. The normalized spacial score (nSPS) is 12.3. The van der Waals surface area contributed by atoms with Crippen LogP contribution in [0.2, 0.25) is 5.02 Å². The summed E-state index contributed by atoms with van der Waals surface area (Å²) in [5.41, 5.74) is 0.980. The fourth-order valence-electron chi connectivity index (χ4n) is 1.79. The summed E-state index contributed by atoms with van der Waals surface area (Å²) in [7, 11) is 0. The largest absolute Gasteiger partial charge is 0.315 e. The van der Waals surface area contributed by atoms with Crippen LogP contribution in [0.5, 0.6) is 0 Å². The van der Waals surface area contributed by atoms with E-state index in [2.05, 4.69) is 11.9 Å². The zero-order valence-corrected chi connectivity index (χ0v) is 12.0. The number of amides is 1. The number of rotatable bonds is 3. The smallest absolute Gasteiger partial charge is 0.248 e. The topological polar surface area (TPSA) is 34.4 Å². The molecule has 2 aromatic rings. The molecule has 18 heavy (non-hydrogen) atoms. The van der Waals surface area contributed by atoms with Crippen molar-refractivity contribution >= 4 is 39.1 Å². The van der Waals surface area contributed by atoms with E-state index >= 15 is 0 Å². The van der Waals surface area contributed by atoms with E-state index in [1.807, 2.05) is 29.7 Å². The van der Waals surface area contributed by atoms with E-state index in [0.717, 1.165) is 28.0 Å². The van der Waals surface area contributed by atoms with Crippen molar-refractivity contribution < 1.29 is 4.79 Å². The van der Waals surface area contributed by atoms with E-state index in [9.17, 15) is 4.79 Å². The molecule has 0 N–H and O–H groups in total. The maximum absolute atomic E-state index is 11.5. The van der Waals surface area contributed by atoms with Gasteiger partial charge in [0.2, 0.25) is 5.91 Å². The van der Waals surface area contributed by atoms with Crippen molar-refractivity contribution in [3.63, 3.8) is 0 Å². The summed E-state index contributed by atoms with van der Waals surface area (Å²) in [6, 6.07) is 5.80. The van der Waals surface area contributed by atoms with Crippen molar-refractivity contribution in [1.82, 2.24) is 4.57 Å². The Morgan fingerprint density at radius 3 is 2.89 bits per heavy atom. The van der Waals surface area contributed by atoms with E-state index in [-0.39, 0.29) is 5.91 Å². The first-order valence-electron chi connectivity index (χ1n) is 6.02. The molecule has 0 saturated heterocycles. The summed E-state index contributed by atoms with van der Waals surface area (Å²) < 4.78 is 3.11. The molecule has 96 valence electrons. The van der Waals surface area contributed by atoms with Crippen LogP contribution < -0.4 is 4.80 Å². The third-order valence-corrected chi connectivity index (χ3v) is 3.97. The van der Waals surface area contributed by atoms with Crippen LogP contribution in [-0.4, -0.2) is 10.5 Å². The number of fused-ring (bicyclic) bond motifs is 1. The number of aryl methyl sites for hydroxylation is 1. The van der Waals surface area contributed by atoms with Crippen LogP contribution in [0.4, 0.5) is 0 Å². The molecule has 1 amide bonds. The maximum atomic E-state index is 11.5. The molecule has 0 spiro atoms. The fraction of sp³-hybridized carbons (Fsp3) is 0.385. The number of hydrogen-bond donors (Lipinski definition) is 0. The summed E-state index contributed by atoms with van der Waals surface area (Å²) >= 11 is 7.75. The lowest BCUT2D eigenvalue weighted by Crippen LogP contribution is -2.16. The Bertz CT molecular complexity index is 642. The van der Waals surface area contributed by atoms with Gasteiger partial charge in [-0.2, -0.15) is 4.99 Å². The Balaban J connectivity index is 2.73.